The average molecular weight is 516 g/mol. The van der Waals surface area contributed by atoms with Gasteiger partial charge in [-0.25, -0.2) is 0 Å². The third-order valence-electron chi connectivity index (χ3n) is 5.36. The minimum Gasteiger partial charge on any atom is -0.355 e. The first-order chi connectivity index (χ1) is 16.5. The van der Waals surface area contributed by atoms with Gasteiger partial charge in [0.25, 0.3) is 0 Å². The van der Waals surface area contributed by atoms with Gasteiger partial charge in [-0.3, -0.25) is 9.59 Å². The Kier molecular flexibility index (Phi) is 10.3. The van der Waals surface area contributed by atoms with Crippen LogP contribution in [0.2, 0.25) is 10.0 Å². The molecular weight excluding hydrogens is 487 g/mol. The van der Waals surface area contributed by atoms with E-state index in [2.05, 4.69) is 5.32 Å². The molecule has 2 amide bonds. The van der Waals surface area contributed by atoms with E-state index in [0.717, 1.165) is 16.7 Å². The molecule has 0 fully saturated rings. The van der Waals surface area contributed by atoms with Crippen molar-refractivity contribution < 1.29 is 9.59 Å². The molecule has 0 spiro atoms. The van der Waals surface area contributed by atoms with E-state index in [-0.39, 0.29) is 24.1 Å². The van der Waals surface area contributed by atoms with Gasteiger partial charge in [0.15, 0.2) is 0 Å². The van der Waals surface area contributed by atoms with Crippen LogP contribution in [-0.2, 0) is 28.3 Å². The molecule has 34 heavy (non-hydrogen) atoms. The third kappa shape index (κ3) is 7.52. The molecule has 0 aliphatic carbocycles. The molecule has 4 nitrogen and oxygen atoms in total. The zero-order valence-corrected chi connectivity index (χ0v) is 21.4. The van der Waals surface area contributed by atoms with Crippen molar-refractivity contribution in [2.24, 2.45) is 0 Å². The van der Waals surface area contributed by atoms with Gasteiger partial charge in [0.05, 0.1) is 5.75 Å². The van der Waals surface area contributed by atoms with Crippen molar-refractivity contribution in [2.45, 2.75) is 31.7 Å². The van der Waals surface area contributed by atoms with Crippen LogP contribution in [0, 0.1) is 0 Å². The number of rotatable bonds is 11. The van der Waals surface area contributed by atoms with Crippen molar-refractivity contribution >= 4 is 46.8 Å². The fourth-order valence-electron chi connectivity index (χ4n) is 3.60. The number of thioether (sulfide) groups is 1. The molecule has 0 radical (unpaired) electrons. The molecule has 0 heterocycles. The Balaban J connectivity index is 1.84. The summed E-state index contributed by atoms with van der Waals surface area (Å²) in [5.41, 5.74) is 2.76. The number of nitrogens with zero attached hydrogens (tertiary/aromatic N) is 1. The highest BCUT2D eigenvalue weighted by atomic mass is 35.5. The maximum Gasteiger partial charge on any atom is 0.243 e. The highest BCUT2D eigenvalue weighted by molar-refractivity contribution is 7.99. The molecule has 0 saturated carbocycles. The molecule has 3 aromatic carbocycles. The summed E-state index contributed by atoms with van der Waals surface area (Å²) in [5.74, 6) is 0.531. The van der Waals surface area contributed by atoms with Crippen LogP contribution in [0.1, 0.15) is 23.6 Å². The molecule has 1 N–H and O–H groups in total. The van der Waals surface area contributed by atoms with Crippen LogP contribution in [-0.4, -0.2) is 35.1 Å². The molecule has 0 bridgehead atoms. The maximum absolute atomic E-state index is 13.5. The van der Waals surface area contributed by atoms with E-state index in [1.54, 1.807) is 11.0 Å². The van der Waals surface area contributed by atoms with Gasteiger partial charge in [0, 0.05) is 35.3 Å². The van der Waals surface area contributed by atoms with E-state index in [1.807, 2.05) is 79.7 Å². The summed E-state index contributed by atoms with van der Waals surface area (Å²) in [4.78, 5) is 28.3. The normalized spacial score (nSPS) is 11.6. The number of hydrogen-bond acceptors (Lipinski definition) is 3. The molecule has 0 saturated heterocycles. The average Bonchev–Trinajstić information content (AvgIpc) is 2.84. The van der Waals surface area contributed by atoms with E-state index in [1.165, 1.54) is 11.8 Å². The second-order valence-electron chi connectivity index (χ2n) is 7.80. The monoisotopic (exact) mass is 514 g/mol. The Morgan fingerprint density at radius 3 is 2.09 bits per heavy atom. The maximum atomic E-state index is 13.5. The van der Waals surface area contributed by atoms with Crippen LogP contribution in [0.4, 0.5) is 0 Å². The Hall–Kier alpha value is -2.47. The molecular formula is C27H28Cl2N2O2S. The SMILES string of the molecule is CCNC(=O)[C@@H](Cc1ccccc1)N(Cc1ccccc1Cl)C(=O)CSCc1ccccc1Cl. The number of amides is 2. The molecule has 3 aromatic rings. The second-order valence-corrected chi connectivity index (χ2v) is 9.60. The fraction of sp³-hybridized carbons (Fsp3) is 0.259. The highest BCUT2D eigenvalue weighted by Gasteiger charge is 2.30. The summed E-state index contributed by atoms with van der Waals surface area (Å²) < 4.78 is 0. The topological polar surface area (TPSA) is 49.4 Å². The van der Waals surface area contributed by atoms with Crippen molar-refractivity contribution in [3.8, 4) is 0 Å². The highest BCUT2D eigenvalue weighted by Crippen LogP contribution is 2.24. The van der Waals surface area contributed by atoms with Gasteiger partial charge in [-0.05, 0) is 35.7 Å². The minimum atomic E-state index is -0.660. The number of halogens is 2. The first-order valence-corrected chi connectivity index (χ1v) is 13.1. The fourth-order valence-corrected chi connectivity index (χ4v) is 4.99. The Labute approximate surface area is 215 Å². The van der Waals surface area contributed by atoms with Crippen LogP contribution in [0.15, 0.2) is 78.9 Å². The van der Waals surface area contributed by atoms with E-state index >= 15 is 0 Å². The molecule has 0 aromatic heterocycles. The number of nitrogens with one attached hydrogen (secondary N) is 1. The lowest BCUT2D eigenvalue weighted by atomic mass is 10.0. The number of likely N-dealkylation sites (N-methyl/N-ethyl adjacent to an activating group) is 1. The van der Waals surface area contributed by atoms with Crippen molar-refractivity contribution in [2.75, 3.05) is 12.3 Å². The van der Waals surface area contributed by atoms with Gasteiger partial charge >= 0.3 is 0 Å². The largest absolute Gasteiger partial charge is 0.355 e. The van der Waals surface area contributed by atoms with Crippen LogP contribution < -0.4 is 5.32 Å². The zero-order chi connectivity index (χ0) is 24.3. The van der Waals surface area contributed by atoms with Gasteiger partial charge in [-0.1, -0.05) is 89.9 Å². The van der Waals surface area contributed by atoms with Gasteiger partial charge in [0.2, 0.25) is 11.8 Å². The van der Waals surface area contributed by atoms with Crippen molar-refractivity contribution in [1.29, 1.82) is 0 Å². The van der Waals surface area contributed by atoms with Gasteiger partial charge in [-0.15, -0.1) is 11.8 Å². The van der Waals surface area contributed by atoms with E-state index in [4.69, 9.17) is 23.2 Å². The quantitative estimate of drug-likeness (QED) is 0.341. The van der Waals surface area contributed by atoms with Crippen LogP contribution in [0.5, 0.6) is 0 Å². The van der Waals surface area contributed by atoms with Crippen molar-refractivity contribution in [1.82, 2.24) is 10.2 Å². The van der Waals surface area contributed by atoms with Crippen molar-refractivity contribution in [3.05, 3.63) is 106 Å². The van der Waals surface area contributed by atoms with Crippen molar-refractivity contribution in [3.63, 3.8) is 0 Å². The molecule has 178 valence electrons. The molecule has 0 unspecified atom stereocenters. The van der Waals surface area contributed by atoms with Crippen LogP contribution in [0.25, 0.3) is 0 Å². The molecule has 3 rings (SSSR count). The predicted molar refractivity (Wildman–Crippen MR) is 142 cm³/mol. The number of carbonyl (C=O) groups excluding carboxylic acids is 2. The Morgan fingerprint density at radius 2 is 1.47 bits per heavy atom. The standard InChI is InChI=1S/C27H28Cl2N2O2S/c1-2-30-27(33)25(16-20-10-4-3-5-11-20)31(17-21-12-6-8-14-23(21)28)26(32)19-34-18-22-13-7-9-15-24(22)29/h3-15,25H,2,16-19H2,1H3,(H,30,33)/t25-/m1/s1. The summed E-state index contributed by atoms with van der Waals surface area (Å²) in [5, 5.41) is 4.15. The Bertz CT molecular complexity index is 1090. The lowest BCUT2D eigenvalue weighted by molar-refractivity contribution is -0.139. The molecule has 7 heteroatoms. The first-order valence-electron chi connectivity index (χ1n) is 11.1. The van der Waals surface area contributed by atoms with Gasteiger partial charge in [0.1, 0.15) is 6.04 Å². The predicted octanol–water partition coefficient (Wildman–Crippen LogP) is 6.00. The summed E-state index contributed by atoms with van der Waals surface area (Å²) >= 11 is 14.2. The number of hydrogen-bond donors (Lipinski definition) is 1. The number of benzene rings is 3. The van der Waals surface area contributed by atoms with Crippen LogP contribution >= 0.6 is 35.0 Å². The van der Waals surface area contributed by atoms with Crippen LogP contribution in [0.3, 0.4) is 0 Å². The number of carbonyl (C=O) groups is 2. The molecule has 0 aliphatic heterocycles. The second kappa shape index (κ2) is 13.4. The first kappa shape index (κ1) is 26.1. The smallest absolute Gasteiger partial charge is 0.243 e. The van der Waals surface area contributed by atoms with Gasteiger partial charge in [-0.2, -0.15) is 0 Å². The molecule has 0 aliphatic rings. The van der Waals surface area contributed by atoms with E-state index in [9.17, 15) is 9.59 Å². The third-order valence-corrected chi connectivity index (χ3v) is 7.07. The van der Waals surface area contributed by atoms with Gasteiger partial charge < -0.3 is 10.2 Å². The minimum absolute atomic E-state index is 0.121. The molecule has 1 atom stereocenters. The summed E-state index contributed by atoms with van der Waals surface area (Å²) in [6.07, 6.45) is 0.415. The summed E-state index contributed by atoms with van der Waals surface area (Å²) in [6, 6.07) is 24.1. The summed E-state index contributed by atoms with van der Waals surface area (Å²) in [6.45, 7) is 2.61. The summed E-state index contributed by atoms with van der Waals surface area (Å²) in [7, 11) is 0. The zero-order valence-electron chi connectivity index (χ0n) is 19.0. The van der Waals surface area contributed by atoms with E-state index in [0.29, 0.717) is 28.8 Å². The Morgan fingerprint density at radius 1 is 0.882 bits per heavy atom. The lowest BCUT2D eigenvalue weighted by Gasteiger charge is -2.31. The van der Waals surface area contributed by atoms with E-state index < -0.39 is 6.04 Å². The lowest BCUT2D eigenvalue weighted by Crippen LogP contribution is -2.51.